The molecule has 1 aromatic carbocycles. The number of nitrogen functional groups attached to an aromatic ring is 1. The minimum absolute atomic E-state index is 0.0225. The minimum Gasteiger partial charge on any atom is -0.396 e. The van der Waals surface area contributed by atoms with Gasteiger partial charge >= 0.3 is 6.18 Å². The summed E-state index contributed by atoms with van der Waals surface area (Å²) < 4.78 is 37.5. The van der Waals surface area contributed by atoms with E-state index >= 15 is 0 Å². The average Bonchev–Trinajstić information content (AvgIpc) is 2.24. The van der Waals surface area contributed by atoms with Crippen LogP contribution in [0.3, 0.4) is 0 Å². The normalized spacial score (nSPS) is 12.1. The predicted molar refractivity (Wildman–Crippen MR) is 60.9 cm³/mol. The third-order valence-electron chi connectivity index (χ3n) is 2.57. The van der Waals surface area contributed by atoms with Gasteiger partial charge in [0.1, 0.15) is 0 Å². The molecular formula is C11H8ClF3N2. The van der Waals surface area contributed by atoms with Crippen LogP contribution in [0, 0.1) is 6.92 Å². The van der Waals surface area contributed by atoms with Gasteiger partial charge in [-0.3, -0.25) is 0 Å². The molecule has 0 atom stereocenters. The molecule has 0 spiro atoms. The van der Waals surface area contributed by atoms with E-state index < -0.39 is 11.7 Å². The molecule has 90 valence electrons. The van der Waals surface area contributed by atoms with Crippen molar-refractivity contribution in [3.63, 3.8) is 0 Å². The Balaban J connectivity index is 2.76. The van der Waals surface area contributed by atoms with Crippen LogP contribution in [-0.2, 0) is 6.18 Å². The van der Waals surface area contributed by atoms with Crippen LogP contribution in [0.5, 0.6) is 0 Å². The topological polar surface area (TPSA) is 38.9 Å². The zero-order valence-electron chi connectivity index (χ0n) is 8.77. The highest BCUT2D eigenvalue weighted by molar-refractivity contribution is 6.32. The number of aromatic nitrogens is 1. The van der Waals surface area contributed by atoms with Crippen molar-refractivity contribution in [2.24, 2.45) is 0 Å². The van der Waals surface area contributed by atoms with Crippen molar-refractivity contribution >= 4 is 28.2 Å². The van der Waals surface area contributed by atoms with Crippen molar-refractivity contribution in [2.75, 3.05) is 5.73 Å². The smallest absolute Gasteiger partial charge is 0.396 e. The lowest BCUT2D eigenvalue weighted by atomic mass is 10.1. The van der Waals surface area contributed by atoms with Gasteiger partial charge in [-0.2, -0.15) is 13.2 Å². The Labute approximate surface area is 100 Å². The first-order valence-corrected chi connectivity index (χ1v) is 5.11. The second-order valence-electron chi connectivity index (χ2n) is 3.67. The molecule has 0 bridgehead atoms. The number of rotatable bonds is 0. The Kier molecular flexibility index (Phi) is 2.66. The fourth-order valence-electron chi connectivity index (χ4n) is 1.58. The molecular weight excluding hydrogens is 253 g/mol. The molecule has 0 aliphatic carbocycles. The van der Waals surface area contributed by atoms with E-state index in [9.17, 15) is 13.2 Å². The number of alkyl halides is 3. The quantitative estimate of drug-likeness (QED) is 0.732. The summed E-state index contributed by atoms with van der Waals surface area (Å²) in [6.45, 7) is 1.69. The number of benzene rings is 1. The van der Waals surface area contributed by atoms with E-state index in [2.05, 4.69) is 4.98 Å². The van der Waals surface area contributed by atoms with E-state index in [1.54, 1.807) is 6.92 Å². The summed E-state index contributed by atoms with van der Waals surface area (Å²) in [4.78, 5) is 3.85. The van der Waals surface area contributed by atoms with E-state index in [4.69, 9.17) is 17.3 Å². The van der Waals surface area contributed by atoms with E-state index in [0.717, 1.165) is 12.1 Å². The third-order valence-corrected chi connectivity index (χ3v) is 2.86. The van der Waals surface area contributed by atoms with Crippen molar-refractivity contribution in [2.45, 2.75) is 13.1 Å². The molecule has 0 saturated carbocycles. The zero-order chi connectivity index (χ0) is 12.8. The molecule has 0 amide bonds. The maximum Gasteiger partial charge on any atom is 0.416 e. The van der Waals surface area contributed by atoms with Crippen LogP contribution in [0.1, 0.15) is 11.1 Å². The zero-order valence-corrected chi connectivity index (χ0v) is 9.52. The Morgan fingerprint density at radius 3 is 2.53 bits per heavy atom. The first-order valence-electron chi connectivity index (χ1n) is 4.73. The molecule has 0 aliphatic rings. The SMILES string of the molecule is Cc1c(N)c(Cl)nc2cc(C(F)(F)F)ccc12. The molecule has 2 aromatic rings. The monoisotopic (exact) mass is 260 g/mol. The number of hydrogen-bond donors (Lipinski definition) is 1. The van der Waals surface area contributed by atoms with Crippen LogP contribution < -0.4 is 5.73 Å². The van der Waals surface area contributed by atoms with Crippen LogP contribution in [0.4, 0.5) is 18.9 Å². The molecule has 0 radical (unpaired) electrons. The molecule has 0 unspecified atom stereocenters. The molecule has 0 aliphatic heterocycles. The van der Waals surface area contributed by atoms with E-state index in [-0.39, 0.29) is 10.7 Å². The summed E-state index contributed by atoms with van der Waals surface area (Å²) in [6.07, 6.45) is -4.39. The molecule has 2 nitrogen and oxygen atoms in total. The number of fused-ring (bicyclic) bond motifs is 1. The predicted octanol–water partition coefficient (Wildman–Crippen LogP) is 3.80. The van der Waals surface area contributed by atoms with Gasteiger partial charge in [-0.05, 0) is 24.6 Å². The highest BCUT2D eigenvalue weighted by Gasteiger charge is 2.30. The van der Waals surface area contributed by atoms with Crippen LogP contribution >= 0.6 is 11.6 Å². The fourth-order valence-corrected chi connectivity index (χ4v) is 1.82. The summed E-state index contributed by atoms with van der Waals surface area (Å²) >= 11 is 5.74. The van der Waals surface area contributed by atoms with Crippen molar-refractivity contribution < 1.29 is 13.2 Å². The van der Waals surface area contributed by atoms with Crippen molar-refractivity contribution in [3.05, 3.63) is 34.5 Å². The number of halogens is 4. The van der Waals surface area contributed by atoms with Gasteiger partial charge in [-0.15, -0.1) is 0 Å². The standard InChI is InChI=1S/C11H8ClF3N2/c1-5-7-3-2-6(11(13,14)15)4-8(7)17-10(12)9(5)16/h2-4H,16H2,1H3. The van der Waals surface area contributed by atoms with Gasteiger partial charge in [0.25, 0.3) is 0 Å². The maximum absolute atomic E-state index is 12.5. The molecule has 6 heteroatoms. The van der Waals surface area contributed by atoms with Crippen molar-refractivity contribution in [1.82, 2.24) is 4.98 Å². The van der Waals surface area contributed by atoms with Crippen LogP contribution in [0.25, 0.3) is 10.9 Å². The number of pyridine rings is 1. The Morgan fingerprint density at radius 1 is 1.29 bits per heavy atom. The van der Waals surface area contributed by atoms with Gasteiger partial charge < -0.3 is 5.73 Å². The lowest BCUT2D eigenvalue weighted by molar-refractivity contribution is -0.137. The molecule has 0 fully saturated rings. The minimum atomic E-state index is -4.39. The van der Waals surface area contributed by atoms with Crippen molar-refractivity contribution in [3.8, 4) is 0 Å². The summed E-state index contributed by atoms with van der Waals surface area (Å²) in [5.41, 5.74) is 6.02. The number of aryl methyl sites for hydroxylation is 1. The van der Waals surface area contributed by atoms with Crippen LogP contribution in [-0.4, -0.2) is 4.98 Å². The Hall–Kier alpha value is -1.49. The molecule has 1 aromatic heterocycles. The summed E-state index contributed by atoms with van der Waals surface area (Å²) in [5, 5.41) is 0.592. The first kappa shape index (κ1) is 12.0. The number of anilines is 1. The van der Waals surface area contributed by atoms with E-state index in [1.807, 2.05) is 0 Å². The van der Waals surface area contributed by atoms with E-state index in [1.165, 1.54) is 6.07 Å². The molecule has 17 heavy (non-hydrogen) atoms. The van der Waals surface area contributed by atoms with Gasteiger partial charge in [0.05, 0.1) is 16.8 Å². The van der Waals surface area contributed by atoms with Gasteiger partial charge in [-0.1, -0.05) is 17.7 Å². The fraction of sp³-hybridized carbons (Fsp3) is 0.182. The third kappa shape index (κ3) is 2.02. The van der Waals surface area contributed by atoms with Gasteiger partial charge in [-0.25, -0.2) is 4.98 Å². The van der Waals surface area contributed by atoms with Crippen LogP contribution in [0.2, 0.25) is 5.15 Å². The largest absolute Gasteiger partial charge is 0.416 e. The number of nitrogens with zero attached hydrogens (tertiary/aromatic N) is 1. The van der Waals surface area contributed by atoms with Crippen LogP contribution in [0.15, 0.2) is 18.2 Å². The molecule has 2 rings (SSSR count). The second kappa shape index (κ2) is 3.77. The van der Waals surface area contributed by atoms with Crippen molar-refractivity contribution in [1.29, 1.82) is 0 Å². The summed E-state index contributed by atoms with van der Waals surface area (Å²) in [7, 11) is 0. The first-order chi connectivity index (χ1) is 7.80. The number of hydrogen-bond acceptors (Lipinski definition) is 2. The lowest BCUT2D eigenvalue weighted by Gasteiger charge is -2.10. The Bertz CT molecular complexity index is 593. The summed E-state index contributed by atoms with van der Waals surface area (Å²) in [5.74, 6) is 0. The highest BCUT2D eigenvalue weighted by Crippen LogP contribution is 2.34. The average molecular weight is 261 g/mol. The molecule has 1 heterocycles. The summed E-state index contributed by atoms with van der Waals surface area (Å²) in [6, 6.07) is 3.32. The molecule has 0 saturated heterocycles. The Morgan fingerprint density at radius 2 is 1.94 bits per heavy atom. The van der Waals surface area contributed by atoms with E-state index in [0.29, 0.717) is 16.6 Å². The maximum atomic E-state index is 12.5. The van der Waals surface area contributed by atoms with Gasteiger partial charge in [0.2, 0.25) is 0 Å². The number of nitrogens with two attached hydrogens (primary N) is 1. The molecule has 2 N–H and O–H groups in total. The highest BCUT2D eigenvalue weighted by atomic mass is 35.5. The second-order valence-corrected chi connectivity index (χ2v) is 4.03. The lowest BCUT2D eigenvalue weighted by Crippen LogP contribution is -2.05. The van der Waals surface area contributed by atoms with Gasteiger partial charge in [0.15, 0.2) is 5.15 Å². The van der Waals surface area contributed by atoms with Gasteiger partial charge in [0, 0.05) is 5.39 Å².